The van der Waals surface area contributed by atoms with Crippen LogP contribution < -0.4 is 9.47 Å². The Balaban J connectivity index is 1.58. The second-order valence-corrected chi connectivity index (χ2v) is 8.50. The lowest BCUT2D eigenvalue weighted by atomic mass is 10.1. The Hall–Kier alpha value is -3.90. The molecule has 0 atom stereocenters. The lowest BCUT2D eigenvalue weighted by molar-refractivity contribution is -0.114. The highest BCUT2D eigenvalue weighted by Gasteiger charge is 2.35. The summed E-state index contributed by atoms with van der Waals surface area (Å²) in [7, 11) is 0. The zero-order valence-electron chi connectivity index (χ0n) is 18.9. The summed E-state index contributed by atoms with van der Waals surface area (Å²) in [6.45, 7) is 4.56. The van der Waals surface area contributed by atoms with Crippen LogP contribution in [0.15, 0.2) is 58.1 Å². The van der Waals surface area contributed by atoms with Crippen molar-refractivity contribution in [2.75, 3.05) is 6.61 Å². The van der Waals surface area contributed by atoms with E-state index < -0.39 is 5.91 Å². The largest absolute Gasteiger partial charge is 0.490 e. The smallest absolute Gasteiger partial charge is 0.283 e. The number of hydrogen-bond acceptors (Lipinski definition) is 7. The predicted molar refractivity (Wildman–Crippen MR) is 133 cm³/mol. The summed E-state index contributed by atoms with van der Waals surface area (Å²) < 4.78 is 11.7. The normalized spacial score (nSPS) is 16.1. The first-order valence-corrected chi connectivity index (χ1v) is 11.7. The average molecular weight is 474 g/mol. The highest BCUT2D eigenvalue weighted by atomic mass is 32.2. The van der Waals surface area contributed by atoms with Gasteiger partial charge in [-0.05, 0) is 61.4 Å². The molecule has 2 aromatic carbocycles. The van der Waals surface area contributed by atoms with Gasteiger partial charge in [0, 0.05) is 5.56 Å². The Kier molecular flexibility index (Phi) is 7.09. The van der Waals surface area contributed by atoms with Crippen LogP contribution in [-0.2, 0) is 11.4 Å². The van der Waals surface area contributed by atoms with Crippen LogP contribution >= 0.6 is 11.8 Å². The summed E-state index contributed by atoms with van der Waals surface area (Å²) in [6.07, 6.45) is 3.31. The number of amidine groups is 2. The fraction of sp³-hybridized carbons (Fsp3) is 0.240. The molecule has 0 fully saturated rings. The number of amides is 1. The van der Waals surface area contributed by atoms with E-state index in [1.807, 2.05) is 25.1 Å². The molecule has 0 aromatic heterocycles. The van der Waals surface area contributed by atoms with Gasteiger partial charge in [0.15, 0.2) is 17.3 Å². The molecule has 0 bridgehead atoms. The highest BCUT2D eigenvalue weighted by molar-refractivity contribution is 8.26. The lowest BCUT2D eigenvalue weighted by Gasteiger charge is -2.20. The van der Waals surface area contributed by atoms with E-state index in [4.69, 9.17) is 14.9 Å². The van der Waals surface area contributed by atoms with Crippen LogP contribution in [0.4, 0.5) is 0 Å². The minimum absolute atomic E-state index is 0.0000000149. The number of benzene rings is 2. The van der Waals surface area contributed by atoms with Crippen molar-refractivity contribution in [2.24, 2.45) is 10.1 Å². The number of hydrazone groups is 1. The van der Waals surface area contributed by atoms with Crippen molar-refractivity contribution in [1.29, 1.82) is 10.7 Å². The Morgan fingerprint density at radius 3 is 2.76 bits per heavy atom. The van der Waals surface area contributed by atoms with Gasteiger partial charge in [0.2, 0.25) is 5.17 Å². The van der Waals surface area contributed by atoms with Crippen LogP contribution in [0.1, 0.15) is 43.4 Å². The Bertz CT molecular complexity index is 1280. The molecule has 1 amide bonds. The van der Waals surface area contributed by atoms with Gasteiger partial charge in [-0.2, -0.15) is 20.4 Å². The number of nitriles is 1. The third-order valence-electron chi connectivity index (χ3n) is 5.06. The molecule has 0 spiro atoms. The molecular weight excluding hydrogens is 450 g/mol. The van der Waals surface area contributed by atoms with Gasteiger partial charge in [-0.15, -0.1) is 0 Å². The van der Waals surface area contributed by atoms with Crippen molar-refractivity contribution in [3.8, 4) is 17.6 Å². The molecule has 8 nitrogen and oxygen atoms in total. The van der Waals surface area contributed by atoms with Gasteiger partial charge >= 0.3 is 0 Å². The number of ether oxygens (including phenoxy) is 2. The quantitative estimate of drug-likeness (QED) is 0.543. The number of nitrogens with one attached hydrogen (secondary N) is 1. The third kappa shape index (κ3) is 4.87. The van der Waals surface area contributed by atoms with Gasteiger partial charge in [0.05, 0.1) is 23.8 Å². The molecule has 2 aliphatic heterocycles. The summed E-state index contributed by atoms with van der Waals surface area (Å²) in [4.78, 5) is 16.8. The Morgan fingerprint density at radius 1 is 1.18 bits per heavy atom. The molecule has 0 radical (unpaired) electrons. The molecule has 2 aromatic rings. The number of carbonyl (C=O) groups excluding carboxylic acids is 1. The van der Waals surface area contributed by atoms with Gasteiger partial charge in [0.1, 0.15) is 11.7 Å². The molecule has 172 valence electrons. The predicted octanol–water partition coefficient (Wildman–Crippen LogP) is 4.96. The molecule has 2 heterocycles. The summed E-state index contributed by atoms with van der Waals surface area (Å²) >= 11 is 1.33. The van der Waals surface area contributed by atoms with Crippen molar-refractivity contribution >= 4 is 39.8 Å². The van der Waals surface area contributed by atoms with Gasteiger partial charge in [-0.25, -0.2) is 0 Å². The van der Waals surface area contributed by atoms with E-state index in [1.54, 1.807) is 30.3 Å². The monoisotopic (exact) mass is 473 g/mol. The van der Waals surface area contributed by atoms with Crippen LogP contribution in [0, 0.1) is 16.7 Å². The number of aliphatic imine (C=N–C) groups is 1. The van der Waals surface area contributed by atoms with E-state index in [0.717, 1.165) is 23.4 Å². The molecule has 0 unspecified atom stereocenters. The number of nitrogens with zero attached hydrogens (tertiary/aromatic N) is 4. The zero-order valence-corrected chi connectivity index (χ0v) is 19.7. The molecule has 34 heavy (non-hydrogen) atoms. The molecule has 4 rings (SSSR count). The van der Waals surface area contributed by atoms with E-state index >= 15 is 0 Å². The first kappa shape index (κ1) is 23.3. The van der Waals surface area contributed by atoms with E-state index in [9.17, 15) is 10.1 Å². The van der Waals surface area contributed by atoms with Gasteiger partial charge < -0.3 is 9.47 Å². The Morgan fingerprint density at radius 2 is 2.00 bits per heavy atom. The van der Waals surface area contributed by atoms with Gasteiger partial charge in [0.25, 0.3) is 5.91 Å². The van der Waals surface area contributed by atoms with Crippen molar-refractivity contribution in [1.82, 2.24) is 5.01 Å². The van der Waals surface area contributed by atoms with Gasteiger partial charge in [-0.3, -0.25) is 10.2 Å². The SMILES string of the molecule is CCCC1=NN2C(=N)/C(=C\c3ccc(OCc4ccccc4C#N)c(OCC)c3)C(=O)N=C2S1. The second kappa shape index (κ2) is 10.4. The van der Waals surface area contributed by atoms with Crippen LogP contribution in [-0.4, -0.2) is 33.6 Å². The first-order valence-electron chi connectivity index (χ1n) is 10.9. The van der Waals surface area contributed by atoms with Gasteiger partial charge in [-0.1, -0.05) is 31.2 Å². The fourth-order valence-corrected chi connectivity index (χ4v) is 4.41. The maximum atomic E-state index is 12.6. The zero-order chi connectivity index (χ0) is 24.1. The molecular formula is C25H23N5O3S. The third-order valence-corrected chi connectivity index (χ3v) is 6.03. The van der Waals surface area contributed by atoms with E-state index in [1.165, 1.54) is 16.8 Å². The number of fused-ring (bicyclic) bond motifs is 1. The molecule has 9 heteroatoms. The summed E-state index contributed by atoms with van der Waals surface area (Å²) in [5, 5.41) is 24.9. The lowest BCUT2D eigenvalue weighted by Crippen LogP contribution is -2.35. The number of rotatable bonds is 8. The van der Waals surface area contributed by atoms with Crippen LogP contribution in [0.2, 0.25) is 0 Å². The fourth-order valence-electron chi connectivity index (χ4n) is 3.43. The number of carbonyl (C=O) groups is 1. The maximum absolute atomic E-state index is 12.6. The van der Waals surface area contributed by atoms with E-state index in [0.29, 0.717) is 34.4 Å². The summed E-state index contributed by atoms with van der Waals surface area (Å²) in [5.41, 5.74) is 2.16. The molecule has 0 saturated heterocycles. The topological polar surface area (TPSA) is 111 Å². The summed E-state index contributed by atoms with van der Waals surface area (Å²) in [5.74, 6) is 0.556. The molecule has 2 aliphatic rings. The number of thioether (sulfide) groups is 1. The molecule has 0 aliphatic carbocycles. The maximum Gasteiger partial charge on any atom is 0.283 e. The van der Waals surface area contributed by atoms with Crippen LogP contribution in [0.5, 0.6) is 11.5 Å². The van der Waals surface area contributed by atoms with Crippen LogP contribution in [0.25, 0.3) is 6.08 Å². The standard InChI is InChI=1S/C25H23N5O3S/c1-3-7-22-29-30-23(27)19(24(31)28-25(30)34-22)12-16-10-11-20(21(13-16)32-4-2)33-15-18-9-6-5-8-17(18)14-26/h5-6,8-13,27H,3-4,7,15H2,1-2H3/b19-12+,27-23?. The Labute approximate surface area is 202 Å². The minimum atomic E-state index is -0.469. The summed E-state index contributed by atoms with van der Waals surface area (Å²) in [6, 6.07) is 14.7. The molecule has 0 saturated carbocycles. The van der Waals surface area contributed by atoms with Crippen molar-refractivity contribution in [3.05, 3.63) is 64.7 Å². The average Bonchev–Trinajstić information content (AvgIpc) is 3.24. The minimum Gasteiger partial charge on any atom is -0.490 e. The van der Waals surface area contributed by atoms with E-state index in [-0.39, 0.29) is 18.0 Å². The second-order valence-electron chi connectivity index (χ2n) is 7.46. The first-order chi connectivity index (χ1) is 16.5. The van der Waals surface area contributed by atoms with Crippen molar-refractivity contribution in [3.63, 3.8) is 0 Å². The molecule has 1 N–H and O–H groups in total. The van der Waals surface area contributed by atoms with Crippen molar-refractivity contribution in [2.45, 2.75) is 33.3 Å². The van der Waals surface area contributed by atoms with Crippen molar-refractivity contribution < 1.29 is 14.3 Å². The number of hydrogen-bond donors (Lipinski definition) is 1. The van der Waals surface area contributed by atoms with E-state index in [2.05, 4.69) is 23.1 Å². The van der Waals surface area contributed by atoms with Crippen LogP contribution in [0.3, 0.4) is 0 Å². The highest BCUT2D eigenvalue weighted by Crippen LogP contribution is 2.33.